The Morgan fingerprint density at radius 1 is 1.27 bits per heavy atom. The summed E-state index contributed by atoms with van der Waals surface area (Å²) in [6, 6.07) is 5.33. The zero-order chi connectivity index (χ0) is 15.8. The number of likely N-dealkylation sites (tertiary alicyclic amines) is 1. The Labute approximate surface area is 127 Å². The van der Waals surface area contributed by atoms with Crippen molar-refractivity contribution in [2.75, 3.05) is 32.9 Å². The van der Waals surface area contributed by atoms with Crippen molar-refractivity contribution in [3.63, 3.8) is 0 Å². The number of nitrogens with zero attached hydrogens (tertiary/aromatic N) is 1. The van der Waals surface area contributed by atoms with Crippen molar-refractivity contribution in [2.45, 2.75) is 19.1 Å². The predicted octanol–water partition coefficient (Wildman–Crippen LogP) is 2.54. The summed E-state index contributed by atoms with van der Waals surface area (Å²) in [7, 11) is 0. The van der Waals surface area contributed by atoms with Gasteiger partial charge in [0.25, 0.3) is 0 Å². The number of halogens is 3. The largest absolute Gasteiger partial charge is 0.416 e. The molecule has 3 rings (SSSR count). The van der Waals surface area contributed by atoms with Crippen LogP contribution < -0.4 is 0 Å². The summed E-state index contributed by atoms with van der Waals surface area (Å²) in [6.45, 7) is 3.68. The van der Waals surface area contributed by atoms with Crippen LogP contribution in [0.15, 0.2) is 24.3 Å². The summed E-state index contributed by atoms with van der Waals surface area (Å²) in [5, 5.41) is 9.75. The average molecular weight is 315 g/mol. The van der Waals surface area contributed by atoms with Crippen LogP contribution in [-0.4, -0.2) is 42.9 Å². The van der Waals surface area contributed by atoms with E-state index in [4.69, 9.17) is 4.74 Å². The molecule has 2 saturated heterocycles. The molecule has 0 radical (unpaired) electrons. The standard InChI is InChI=1S/C16H20F3NO2/c17-16(18,19)13-3-1-12(2-4-13)7-20-8-14-9-22-6-5-15(14,10-20)11-21/h1-4,14,21H,5-11H2/t14-,15-/m1/s1. The van der Waals surface area contributed by atoms with Crippen molar-refractivity contribution >= 4 is 0 Å². The van der Waals surface area contributed by atoms with E-state index in [9.17, 15) is 18.3 Å². The lowest BCUT2D eigenvalue weighted by molar-refractivity contribution is -0.137. The third-order valence-corrected chi connectivity index (χ3v) is 4.95. The first kappa shape index (κ1) is 15.8. The quantitative estimate of drug-likeness (QED) is 0.930. The van der Waals surface area contributed by atoms with E-state index in [2.05, 4.69) is 4.90 Å². The Morgan fingerprint density at radius 3 is 2.59 bits per heavy atom. The third kappa shape index (κ3) is 3.00. The lowest BCUT2D eigenvalue weighted by Gasteiger charge is -2.36. The summed E-state index contributed by atoms with van der Waals surface area (Å²) in [5.41, 5.74) is 0.136. The number of hydrogen-bond donors (Lipinski definition) is 1. The van der Waals surface area contributed by atoms with Crippen molar-refractivity contribution in [2.24, 2.45) is 11.3 Å². The van der Waals surface area contributed by atoms with E-state index in [1.807, 2.05) is 0 Å². The van der Waals surface area contributed by atoms with E-state index < -0.39 is 11.7 Å². The van der Waals surface area contributed by atoms with Crippen molar-refractivity contribution in [1.29, 1.82) is 0 Å². The van der Waals surface area contributed by atoms with E-state index >= 15 is 0 Å². The number of ether oxygens (including phenoxy) is 1. The molecule has 122 valence electrons. The summed E-state index contributed by atoms with van der Waals surface area (Å²) in [4.78, 5) is 2.21. The van der Waals surface area contributed by atoms with Crippen molar-refractivity contribution in [3.8, 4) is 0 Å². The predicted molar refractivity (Wildman–Crippen MR) is 75.2 cm³/mol. The first-order valence-corrected chi connectivity index (χ1v) is 7.50. The minimum atomic E-state index is -4.29. The van der Waals surface area contributed by atoms with Crippen molar-refractivity contribution in [1.82, 2.24) is 4.90 Å². The number of benzene rings is 1. The van der Waals surface area contributed by atoms with Crippen LogP contribution in [0.4, 0.5) is 13.2 Å². The van der Waals surface area contributed by atoms with Crippen LogP contribution in [0, 0.1) is 11.3 Å². The number of alkyl halides is 3. The van der Waals surface area contributed by atoms with E-state index in [-0.39, 0.29) is 12.0 Å². The normalized spacial score (nSPS) is 29.5. The molecule has 1 N–H and O–H groups in total. The lowest BCUT2D eigenvalue weighted by atomic mass is 9.75. The van der Waals surface area contributed by atoms with Crippen LogP contribution in [0.5, 0.6) is 0 Å². The maximum Gasteiger partial charge on any atom is 0.416 e. The van der Waals surface area contributed by atoms with Gasteiger partial charge in [0.1, 0.15) is 0 Å². The van der Waals surface area contributed by atoms with Crippen LogP contribution >= 0.6 is 0 Å². The molecule has 0 saturated carbocycles. The Morgan fingerprint density at radius 2 is 2.00 bits per heavy atom. The molecule has 0 aromatic heterocycles. The lowest BCUT2D eigenvalue weighted by Crippen LogP contribution is -2.41. The zero-order valence-electron chi connectivity index (χ0n) is 12.3. The van der Waals surface area contributed by atoms with E-state index in [1.165, 1.54) is 12.1 Å². The highest BCUT2D eigenvalue weighted by atomic mass is 19.4. The SMILES string of the molecule is OC[C@]12CCOC[C@H]1CN(Cc1ccc(C(F)(F)F)cc1)C2. The highest BCUT2D eigenvalue weighted by molar-refractivity contribution is 5.24. The van der Waals surface area contributed by atoms with E-state index in [0.29, 0.717) is 25.7 Å². The van der Waals surface area contributed by atoms with Gasteiger partial charge in [0.05, 0.1) is 18.8 Å². The molecule has 0 unspecified atom stereocenters. The van der Waals surface area contributed by atoms with Crippen molar-refractivity contribution < 1.29 is 23.0 Å². The molecule has 0 spiro atoms. The number of fused-ring (bicyclic) bond motifs is 1. The Kier molecular flexibility index (Phi) is 4.18. The maximum atomic E-state index is 12.6. The molecule has 2 fully saturated rings. The molecular formula is C16H20F3NO2. The fourth-order valence-electron chi connectivity index (χ4n) is 3.59. The van der Waals surface area contributed by atoms with Gasteiger partial charge >= 0.3 is 6.18 Å². The topological polar surface area (TPSA) is 32.7 Å². The minimum absolute atomic E-state index is 0.107. The molecule has 2 heterocycles. The minimum Gasteiger partial charge on any atom is -0.396 e. The summed E-state index contributed by atoms with van der Waals surface area (Å²) in [5.74, 6) is 0.306. The third-order valence-electron chi connectivity index (χ3n) is 4.95. The molecule has 6 heteroatoms. The molecule has 2 aliphatic heterocycles. The van der Waals surface area contributed by atoms with Crippen molar-refractivity contribution in [3.05, 3.63) is 35.4 Å². The van der Waals surface area contributed by atoms with E-state index in [0.717, 1.165) is 37.2 Å². The Hall–Kier alpha value is -1.11. The molecular weight excluding hydrogens is 295 g/mol. The number of hydrogen-bond acceptors (Lipinski definition) is 3. The first-order chi connectivity index (χ1) is 10.4. The summed E-state index contributed by atoms with van der Waals surface area (Å²) >= 11 is 0. The van der Waals surface area contributed by atoms with Gasteiger partial charge in [-0.1, -0.05) is 12.1 Å². The highest BCUT2D eigenvalue weighted by Crippen LogP contribution is 2.42. The van der Waals surface area contributed by atoms with Crippen LogP contribution in [0.2, 0.25) is 0 Å². The fraction of sp³-hybridized carbons (Fsp3) is 0.625. The second-order valence-electron chi connectivity index (χ2n) is 6.41. The van der Waals surface area contributed by atoms with Crippen LogP contribution in [0.25, 0.3) is 0 Å². The van der Waals surface area contributed by atoms with Gasteiger partial charge in [-0.25, -0.2) is 0 Å². The van der Waals surface area contributed by atoms with Gasteiger partial charge in [0.2, 0.25) is 0 Å². The molecule has 0 amide bonds. The second kappa shape index (κ2) is 5.83. The van der Waals surface area contributed by atoms with Crippen LogP contribution in [-0.2, 0) is 17.5 Å². The molecule has 1 aromatic rings. The fourth-order valence-corrected chi connectivity index (χ4v) is 3.59. The Bertz CT molecular complexity index is 517. The van der Waals surface area contributed by atoms with Gasteiger partial charge in [-0.2, -0.15) is 13.2 Å². The smallest absolute Gasteiger partial charge is 0.396 e. The highest BCUT2D eigenvalue weighted by Gasteiger charge is 2.47. The van der Waals surface area contributed by atoms with Crippen LogP contribution in [0.1, 0.15) is 17.5 Å². The zero-order valence-corrected chi connectivity index (χ0v) is 12.3. The van der Waals surface area contributed by atoms with Gasteiger partial charge in [0, 0.05) is 37.6 Å². The Balaban J connectivity index is 1.67. The number of rotatable bonds is 3. The van der Waals surface area contributed by atoms with Gasteiger partial charge in [-0.05, 0) is 24.1 Å². The first-order valence-electron chi connectivity index (χ1n) is 7.50. The van der Waals surface area contributed by atoms with Gasteiger partial charge in [-0.3, -0.25) is 4.90 Å². The van der Waals surface area contributed by atoms with Gasteiger partial charge in [-0.15, -0.1) is 0 Å². The van der Waals surface area contributed by atoms with Gasteiger partial charge in [0.15, 0.2) is 0 Å². The molecule has 2 atom stereocenters. The average Bonchev–Trinajstić information content (AvgIpc) is 2.85. The van der Waals surface area contributed by atoms with Crippen LogP contribution in [0.3, 0.4) is 0 Å². The molecule has 3 nitrogen and oxygen atoms in total. The van der Waals surface area contributed by atoms with E-state index in [1.54, 1.807) is 0 Å². The molecule has 22 heavy (non-hydrogen) atoms. The summed E-state index contributed by atoms with van der Waals surface area (Å²) in [6.07, 6.45) is -3.45. The molecule has 1 aromatic carbocycles. The number of aliphatic hydroxyl groups is 1. The van der Waals surface area contributed by atoms with Gasteiger partial charge < -0.3 is 9.84 Å². The second-order valence-corrected chi connectivity index (χ2v) is 6.41. The molecule has 0 aliphatic carbocycles. The summed E-state index contributed by atoms with van der Waals surface area (Å²) < 4.78 is 43.2. The molecule has 0 bridgehead atoms. The number of aliphatic hydroxyl groups excluding tert-OH is 1. The monoisotopic (exact) mass is 315 g/mol. The molecule has 2 aliphatic rings. The maximum absolute atomic E-state index is 12.6.